The van der Waals surface area contributed by atoms with E-state index >= 15 is 0 Å². The maximum atomic E-state index is 10.2. The Bertz CT molecular complexity index is 166. The van der Waals surface area contributed by atoms with Gasteiger partial charge in [-0.1, -0.05) is 18.2 Å². The van der Waals surface area contributed by atoms with Gasteiger partial charge in [0.1, 0.15) is 0 Å². The lowest BCUT2D eigenvalue weighted by atomic mass is 10.2. The largest absolute Gasteiger partial charge is 0.478 e. The Morgan fingerprint density at radius 2 is 2.20 bits per heavy atom. The summed E-state index contributed by atoms with van der Waals surface area (Å²) in [4.78, 5) is 10.2. The number of rotatable bonds is 3. The van der Waals surface area contributed by atoms with Crippen molar-refractivity contribution in [3.63, 3.8) is 0 Å². The fourth-order valence-corrected chi connectivity index (χ4v) is 0.468. The Kier molecular flexibility index (Phi) is 4.29. The molecular formula is C8H12O2. The third-order valence-corrected chi connectivity index (χ3v) is 1.13. The summed E-state index contributed by atoms with van der Waals surface area (Å²) < 4.78 is 0. The van der Waals surface area contributed by atoms with E-state index in [9.17, 15) is 4.79 Å². The number of carboxylic acid groups (broad SMARTS) is 1. The van der Waals surface area contributed by atoms with Gasteiger partial charge >= 0.3 is 5.97 Å². The van der Waals surface area contributed by atoms with Crippen LogP contribution in [0.3, 0.4) is 0 Å². The molecule has 10 heavy (non-hydrogen) atoms. The van der Waals surface area contributed by atoms with Crippen LogP contribution in [0.4, 0.5) is 0 Å². The molecule has 0 amide bonds. The fourth-order valence-electron chi connectivity index (χ4n) is 0.468. The van der Waals surface area contributed by atoms with E-state index in [1.165, 1.54) is 0 Å². The summed E-state index contributed by atoms with van der Waals surface area (Å²) >= 11 is 0. The molecule has 0 aliphatic carbocycles. The summed E-state index contributed by atoms with van der Waals surface area (Å²) in [5, 5.41) is 8.39. The fraction of sp³-hybridized carbons (Fsp3) is 0.375. The lowest BCUT2D eigenvalue weighted by Crippen LogP contribution is -1.94. The Balaban J connectivity index is 3.80. The van der Waals surface area contributed by atoms with Crippen molar-refractivity contribution in [2.45, 2.75) is 20.3 Å². The summed E-state index contributed by atoms with van der Waals surface area (Å²) in [7, 11) is 0. The summed E-state index contributed by atoms with van der Waals surface area (Å²) in [5.41, 5.74) is 0.401. The van der Waals surface area contributed by atoms with Crippen molar-refractivity contribution in [1.82, 2.24) is 0 Å². The summed E-state index contributed by atoms with van der Waals surface area (Å²) in [6, 6.07) is 0. The molecule has 0 saturated carbocycles. The molecule has 0 radical (unpaired) electrons. The molecule has 1 N–H and O–H groups in total. The Hall–Kier alpha value is -1.05. The Labute approximate surface area is 60.9 Å². The zero-order chi connectivity index (χ0) is 7.98. The normalized spacial score (nSPS) is 12.4. The van der Waals surface area contributed by atoms with E-state index in [0.717, 1.165) is 0 Å². The monoisotopic (exact) mass is 140 g/mol. The Morgan fingerprint density at radius 1 is 1.60 bits per heavy atom. The van der Waals surface area contributed by atoms with E-state index in [2.05, 4.69) is 0 Å². The van der Waals surface area contributed by atoms with Crippen LogP contribution in [0.2, 0.25) is 0 Å². The second-order valence-corrected chi connectivity index (χ2v) is 2.00. The van der Waals surface area contributed by atoms with Gasteiger partial charge in [-0.15, -0.1) is 0 Å². The highest BCUT2D eigenvalue weighted by Gasteiger charge is 1.95. The minimum absolute atomic E-state index is 0.401. The van der Waals surface area contributed by atoms with Gasteiger partial charge < -0.3 is 5.11 Å². The second kappa shape index (κ2) is 4.79. The van der Waals surface area contributed by atoms with E-state index in [-0.39, 0.29) is 0 Å². The zero-order valence-corrected chi connectivity index (χ0v) is 6.29. The number of carboxylic acids is 1. The molecule has 0 aromatic carbocycles. The molecule has 0 aliphatic rings. The summed E-state index contributed by atoms with van der Waals surface area (Å²) in [5.74, 6) is -0.843. The molecule has 0 spiro atoms. The van der Waals surface area contributed by atoms with E-state index in [1.54, 1.807) is 13.0 Å². The molecule has 0 unspecified atom stereocenters. The molecule has 0 heterocycles. The summed E-state index contributed by atoms with van der Waals surface area (Å²) in [6.45, 7) is 3.50. The van der Waals surface area contributed by atoms with Crippen molar-refractivity contribution < 1.29 is 9.90 Å². The van der Waals surface area contributed by atoms with Gasteiger partial charge in [0.05, 0.1) is 0 Å². The lowest BCUT2D eigenvalue weighted by molar-refractivity contribution is -0.132. The maximum Gasteiger partial charge on any atom is 0.330 e. The molecule has 2 nitrogen and oxygen atoms in total. The molecule has 2 heteroatoms. The predicted octanol–water partition coefficient (Wildman–Crippen LogP) is 1.98. The molecule has 0 fully saturated rings. The number of hydrogen-bond donors (Lipinski definition) is 1. The van der Waals surface area contributed by atoms with Crippen molar-refractivity contribution in [3.8, 4) is 0 Å². The number of carbonyl (C=O) groups is 1. The average molecular weight is 140 g/mol. The van der Waals surface area contributed by atoms with E-state index in [0.29, 0.717) is 12.0 Å². The van der Waals surface area contributed by atoms with Gasteiger partial charge in [-0.3, -0.25) is 0 Å². The van der Waals surface area contributed by atoms with E-state index in [4.69, 9.17) is 5.11 Å². The van der Waals surface area contributed by atoms with E-state index in [1.807, 2.05) is 19.1 Å². The van der Waals surface area contributed by atoms with Gasteiger partial charge in [0.2, 0.25) is 0 Å². The first-order chi connectivity index (χ1) is 4.68. The van der Waals surface area contributed by atoms with Crippen LogP contribution in [0.1, 0.15) is 20.3 Å². The smallest absolute Gasteiger partial charge is 0.330 e. The molecule has 0 aromatic heterocycles. The molecule has 0 aliphatic heterocycles. The summed E-state index contributed by atoms with van der Waals surface area (Å²) in [6.07, 6.45) is 6.19. The number of hydrogen-bond acceptors (Lipinski definition) is 1. The highest BCUT2D eigenvalue weighted by Crippen LogP contribution is 1.95. The van der Waals surface area contributed by atoms with Crippen LogP contribution in [-0.4, -0.2) is 11.1 Å². The first kappa shape index (κ1) is 8.95. The SMILES string of the molecule is CC=CCC=C(C)C(=O)O. The standard InChI is InChI=1S/C8H12O2/c1-3-4-5-6-7(2)8(9)10/h3-4,6H,5H2,1-2H3,(H,9,10). The minimum atomic E-state index is -0.843. The van der Waals surface area contributed by atoms with Crippen molar-refractivity contribution in [2.75, 3.05) is 0 Å². The van der Waals surface area contributed by atoms with Gasteiger partial charge in [0.25, 0.3) is 0 Å². The highest BCUT2D eigenvalue weighted by molar-refractivity contribution is 5.85. The van der Waals surface area contributed by atoms with Crippen LogP contribution in [0, 0.1) is 0 Å². The third kappa shape index (κ3) is 3.89. The lowest BCUT2D eigenvalue weighted by Gasteiger charge is -1.88. The molecular weight excluding hydrogens is 128 g/mol. The molecule has 0 saturated heterocycles. The number of aliphatic carboxylic acids is 1. The second-order valence-electron chi connectivity index (χ2n) is 2.00. The molecule has 0 aromatic rings. The predicted molar refractivity (Wildman–Crippen MR) is 40.8 cm³/mol. The average Bonchev–Trinajstić information content (AvgIpc) is 1.88. The molecule has 56 valence electrons. The molecule has 0 rings (SSSR count). The zero-order valence-electron chi connectivity index (χ0n) is 6.29. The van der Waals surface area contributed by atoms with Gasteiger partial charge in [0.15, 0.2) is 0 Å². The minimum Gasteiger partial charge on any atom is -0.478 e. The quantitative estimate of drug-likeness (QED) is 0.480. The van der Waals surface area contributed by atoms with Gasteiger partial charge in [-0.05, 0) is 20.3 Å². The van der Waals surface area contributed by atoms with Crippen LogP contribution in [0.5, 0.6) is 0 Å². The van der Waals surface area contributed by atoms with Crippen LogP contribution in [0.15, 0.2) is 23.8 Å². The van der Waals surface area contributed by atoms with Crippen LogP contribution in [-0.2, 0) is 4.79 Å². The first-order valence-corrected chi connectivity index (χ1v) is 3.19. The van der Waals surface area contributed by atoms with Crippen molar-refractivity contribution >= 4 is 5.97 Å². The van der Waals surface area contributed by atoms with Crippen LogP contribution in [0.25, 0.3) is 0 Å². The third-order valence-electron chi connectivity index (χ3n) is 1.13. The van der Waals surface area contributed by atoms with E-state index < -0.39 is 5.97 Å². The van der Waals surface area contributed by atoms with Gasteiger partial charge in [-0.25, -0.2) is 4.79 Å². The van der Waals surface area contributed by atoms with Crippen LogP contribution < -0.4 is 0 Å². The van der Waals surface area contributed by atoms with Crippen molar-refractivity contribution in [2.24, 2.45) is 0 Å². The van der Waals surface area contributed by atoms with Crippen LogP contribution >= 0.6 is 0 Å². The topological polar surface area (TPSA) is 37.3 Å². The maximum absolute atomic E-state index is 10.2. The van der Waals surface area contributed by atoms with Gasteiger partial charge in [-0.2, -0.15) is 0 Å². The first-order valence-electron chi connectivity index (χ1n) is 3.19. The highest BCUT2D eigenvalue weighted by atomic mass is 16.4. The molecule has 0 bridgehead atoms. The van der Waals surface area contributed by atoms with Crippen molar-refractivity contribution in [1.29, 1.82) is 0 Å². The Morgan fingerprint density at radius 3 is 2.60 bits per heavy atom. The van der Waals surface area contributed by atoms with Gasteiger partial charge in [0, 0.05) is 5.57 Å². The number of allylic oxidation sites excluding steroid dienone is 3. The molecule has 0 atom stereocenters. The van der Waals surface area contributed by atoms with Crippen molar-refractivity contribution in [3.05, 3.63) is 23.8 Å².